The van der Waals surface area contributed by atoms with E-state index in [0.717, 1.165) is 10.5 Å². The first-order chi connectivity index (χ1) is 14.1. The summed E-state index contributed by atoms with van der Waals surface area (Å²) in [5.41, 5.74) is 4.05. The number of fused-ring (bicyclic) bond motifs is 2. The van der Waals surface area contributed by atoms with Crippen molar-refractivity contribution in [3.63, 3.8) is 0 Å². The second-order valence-electron chi connectivity index (χ2n) is 6.38. The number of nitrogens with zero attached hydrogens (tertiary/aromatic N) is 2. The topological polar surface area (TPSA) is 78.4 Å². The third-order valence-electron chi connectivity index (χ3n) is 4.59. The van der Waals surface area contributed by atoms with E-state index in [1.165, 1.54) is 7.11 Å². The molecule has 0 aliphatic heterocycles. The van der Waals surface area contributed by atoms with Crippen LogP contribution in [-0.4, -0.2) is 23.0 Å². The predicted molar refractivity (Wildman–Crippen MR) is 111 cm³/mol. The Morgan fingerprint density at radius 3 is 2.28 bits per heavy atom. The molecule has 3 aromatic carbocycles. The van der Waals surface area contributed by atoms with E-state index in [1.54, 1.807) is 18.2 Å². The maximum absolute atomic E-state index is 12.0. The molecule has 2 heterocycles. The second-order valence-corrected chi connectivity index (χ2v) is 6.90. The Balaban J connectivity index is 1.67. The van der Waals surface area contributed by atoms with Gasteiger partial charge in [-0.3, -0.25) is 0 Å². The quantitative estimate of drug-likeness (QED) is 0.322. The van der Waals surface area contributed by atoms with Gasteiger partial charge in [-0.15, -0.1) is 12.6 Å². The molecule has 0 radical (unpaired) electrons. The van der Waals surface area contributed by atoms with Crippen LogP contribution in [0.15, 0.2) is 74.4 Å². The molecule has 0 bridgehead atoms. The van der Waals surface area contributed by atoms with Crippen molar-refractivity contribution >= 4 is 40.8 Å². The van der Waals surface area contributed by atoms with Gasteiger partial charge in [0.15, 0.2) is 11.2 Å². The summed E-state index contributed by atoms with van der Waals surface area (Å²) in [6.07, 6.45) is 0. The zero-order valence-electron chi connectivity index (χ0n) is 15.2. The van der Waals surface area contributed by atoms with E-state index in [4.69, 9.17) is 13.6 Å². The molecule has 6 nitrogen and oxygen atoms in total. The molecule has 29 heavy (non-hydrogen) atoms. The van der Waals surface area contributed by atoms with Gasteiger partial charge in [0.05, 0.1) is 18.2 Å². The van der Waals surface area contributed by atoms with Crippen LogP contribution in [0, 0.1) is 0 Å². The Morgan fingerprint density at radius 2 is 1.52 bits per heavy atom. The number of esters is 1. The summed E-state index contributed by atoms with van der Waals surface area (Å²) < 4.78 is 16.7. The Bertz CT molecular complexity index is 1370. The summed E-state index contributed by atoms with van der Waals surface area (Å²) in [6, 6.07) is 18.2. The van der Waals surface area contributed by atoms with Crippen LogP contribution in [0.3, 0.4) is 0 Å². The fourth-order valence-electron chi connectivity index (χ4n) is 3.19. The number of carbonyl (C=O) groups is 1. The van der Waals surface area contributed by atoms with E-state index in [9.17, 15) is 4.79 Å². The largest absolute Gasteiger partial charge is 0.465 e. The van der Waals surface area contributed by atoms with Gasteiger partial charge >= 0.3 is 5.97 Å². The van der Waals surface area contributed by atoms with Gasteiger partial charge in [-0.2, -0.15) is 0 Å². The molecule has 0 spiro atoms. The Morgan fingerprint density at radius 1 is 0.862 bits per heavy atom. The minimum Gasteiger partial charge on any atom is -0.465 e. The monoisotopic (exact) mass is 402 g/mol. The number of thiol groups is 1. The average molecular weight is 402 g/mol. The van der Waals surface area contributed by atoms with Gasteiger partial charge in [0.2, 0.25) is 11.8 Å². The maximum atomic E-state index is 12.0. The van der Waals surface area contributed by atoms with Crippen molar-refractivity contribution in [1.82, 2.24) is 9.97 Å². The fraction of sp³-hybridized carbons (Fsp3) is 0.0455. The molecular formula is C22H14N2O4S. The van der Waals surface area contributed by atoms with Crippen LogP contribution in [0.5, 0.6) is 0 Å². The van der Waals surface area contributed by atoms with Crippen molar-refractivity contribution < 1.29 is 18.4 Å². The van der Waals surface area contributed by atoms with Crippen LogP contribution < -0.4 is 0 Å². The summed E-state index contributed by atoms with van der Waals surface area (Å²) in [5.74, 6) is 0.379. The molecule has 5 rings (SSSR count). The Labute approximate surface area is 170 Å². The highest BCUT2D eigenvalue weighted by molar-refractivity contribution is 7.80. The molecule has 5 aromatic rings. The SMILES string of the molecule is COC(=O)c1cccc2oc(-c3cccc4oc(-c5ccc(S)cc5)nc34)nc12. The van der Waals surface area contributed by atoms with Crippen molar-refractivity contribution in [2.45, 2.75) is 4.90 Å². The van der Waals surface area contributed by atoms with Gasteiger partial charge in [-0.1, -0.05) is 12.1 Å². The lowest BCUT2D eigenvalue weighted by molar-refractivity contribution is 0.0602. The number of benzene rings is 3. The van der Waals surface area contributed by atoms with E-state index in [1.807, 2.05) is 42.5 Å². The van der Waals surface area contributed by atoms with Crippen molar-refractivity contribution in [3.05, 3.63) is 66.2 Å². The lowest BCUT2D eigenvalue weighted by Gasteiger charge is -1.97. The minimum absolute atomic E-state index is 0.347. The molecule has 142 valence electrons. The lowest BCUT2D eigenvalue weighted by Crippen LogP contribution is -2.01. The smallest absolute Gasteiger partial charge is 0.340 e. The van der Waals surface area contributed by atoms with Gasteiger partial charge in [0.1, 0.15) is 11.0 Å². The fourth-order valence-corrected chi connectivity index (χ4v) is 3.34. The molecule has 0 saturated carbocycles. The number of hydrogen-bond acceptors (Lipinski definition) is 7. The van der Waals surface area contributed by atoms with Gasteiger partial charge in [-0.25, -0.2) is 14.8 Å². The minimum atomic E-state index is -0.468. The number of hydrogen-bond donors (Lipinski definition) is 1. The van der Waals surface area contributed by atoms with Crippen LogP contribution in [0.1, 0.15) is 10.4 Å². The molecule has 0 saturated heterocycles. The number of para-hydroxylation sites is 2. The van der Waals surface area contributed by atoms with Gasteiger partial charge in [0.25, 0.3) is 0 Å². The number of methoxy groups -OCH3 is 1. The van der Waals surface area contributed by atoms with Crippen molar-refractivity contribution in [2.75, 3.05) is 7.11 Å². The van der Waals surface area contributed by atoms with Crippen LogP contribution in [0.25, 0.3) is 45.1 Å². The number of rotatable bonds is 3. The number of aromatic nitrogens is 2. The normalized spacial score (nSPS) is 11.2. The van der Waals surface area contributed by atoms with E-state index in [-0.39, 0.29) is 0 Å². The molecule has 7 heteroatoms. The average Bonchev–Trinajstić information content (AvgIpc) is 3.37. The molecule has 0 unspecified atom stereocenters. The third-order valence-corrected chi connectivity index (χ3v) is 4.89. The number of ether oxygens (including phenoxy) is 1. The molecule has 0 atom stereocenters. The number of oxazole rings is 2. The van der Waals surface area contributed by atoms with Crippen molar-refractivity contribution in [3.8, 4) is 22.9 Å². The molecule has 0 N–H and O–H groups in total. The highest BCUT2D eigenvalue weighted by atomic mass is 32.1. The lowest BCUT2D eigenvalue weighted by atomic mass is 10.2. The van der Waals surface area contributed by atoms with Gasteiger partial charge < -0.3 is 13.6 Å². The molecule has 0 aliphatic rings. The summed E-state index contributed by atoms with van der Waals surface area (Å²) in [6.45, 7) is 0. The van der Waals surface area contributed by atoms with Crippen LogP contribution >= 0.6 is 12.6 Å². The third kappa shape index (κ3) is 2.96. The Hall–Kier alpha value is -3.58. The second kappa shape index (κ2) is 6.79. The molecule has 0 aliphatic carbocycles. The molecule has 2 aromatic heterocycles. The Kier molecular flexibility index (Phi) is 4.10. The van der Waals surface area contributed by atoms with Crippen LogP contribution in [0.4, 0.5) is 0 Å². The highest BCUT2D eigenvalue weighted by Crippen LogP contribution is 2.34. The van der Waals surface area contributed by atoms with Crippen LogP contribution in [0.2, 0.25) is 0 Å². The maximum Gasteiger partial charge on any atom is 0.340 e. The van der Waals surface area contributed by atoms with E-state index < -0.39 is 5.97 Å². The van der Waals surface area contributed by atoms with E-state index in [0.29, 0.717) is 45.1 Å². The summed E-state index contributed by atoms with van der Waals surface area (Å²) >= 11 is 4.31. The predicted octanol–water partition coefficient (Wildman–Crippen LogP) is 5.38. The highest BCUT2D eigenvalue weighted by Gasteiger charge is 2.20. The molecule has 0 fully saturated rings. The summed E-state index contributed by atoms with van der Waals surface area (Å²) in [7, 11) is 1.33. The van der Waals surface area contributed by atoms with E-state index >= 15 is 0 Å². The van der Waals surface area contributed by atoms with Crippen molar-refractivity contribution in [2.24, 2.45) is 0 Å². The van der Waals surface area contributed by atoms with E-state index in [2.05, 4.69) is 22.6 Å². The van der Waals surface area contributed by atoms with Crippen LogP contribution in [-0.2, 0) is 4.74 Å². The van der Waals surface area contributed by atoms with Gasteiger partial charge in [0, 0.05) is 10.5 Å². The first kappa shape index (κ1) is 17.5. The molecular weight excluding hydrogens is 388 g/mol. The standard InChI is InChI=1S/C22H14N2O4S/c1-26-22(25)15-5-3-7-17-19(15)24-21(28-17)14-4-2-6-16-18(14)23-20(27-16)12-8-10-13(29)11-9-12/h2-11,29H,1H3. The van der Waals surface area contributed by atoms with Crippen molar-refractivity contribution in [1.29, 1.82) is 0 Å². The number of carbonyl (C=O) groups excluding carboxylic acids is 1. The van der Waals surface area contributed by atoms with Gasteiger partial charge in [-0.05, 0) is 48.5 Å². The summed E-state index contributed by atoms with van der Waals surface area (Å²) in [5, 5.41) is 0. The molecule has 0 amide bonds. The zero-order chi connectivity index (χ0) is 20.0. The first-order valence-electron chi connectivity index (χ1n) is 8.81. The summed E-state index contributed by atoms with van der Waals surface area (Å²) in [4.78, 5) is 22.1. The zero-order valence-corrected chi connectivity index (χ0v) is 16.1. The first-order valence-corrected chi connectivity index (χ1v) is 9.26.